The molecule has 9 heteroatoms. The first-order valence-electron chi connectivity index (χ1n) is 11.6. The van der Waals surface area contributed by atoms with E-state index in [2.05, 4.69) is 28.3 Å². The maximum absolute atomic E-state index is 13.5. The highest BCUT2D eigenvalue weighted by Gasteiger charge is 2.34. The predicted molar refractivity (Wildman–Crippen MR) is 132 cm³/mol. The lowest BCUT2D eigenvalue weighted by Gasteiger charge is -2.27. The Morgan fingerprint density at radius 1 is 1.26 bits per heavy atom. The van der Waals surface area contributed by atoms with E-state index >= 15 is 0 Å². The van der Waals surface area contributed by atoms with Gasteiger partial charge in [0.05, 0.1) is 24.1 Å². The number of carbonyl (C=O) groups is 1. The van der Waals surface area contributed by atoms with Gasteiger partial charge in [-0.1, -0.05) is 31.5 Å². The Morgan fingerprint density at radius 2 is 2.03 bits per heavy atom. The SMILES string of the molecule is CC(C)c1cnn2c(N(Cc3nc4ccccn4c3C3CC3)C(=O)OC(C)(C)C)cc(Cl)nc12. The lowest BCUT2D eigenvalue weighted by Crippen LogP contribution is -2.38. The van der Waals surface area contributed by atoms with Crippen LogP contribution in [0.5, 0.6) is 0 Å². The molecule has 4 aromatic rings. The molecule has 0 aliphatic heterocycles. The molecule has 1 saturated carbocycles. The van der Waals surface area contributed by atoms with E-state index in [9.17, 15) is 4.79 Å². The fourth-order valence-electron chi connectivity index (χ4n) is 4.21. The summed E-state index contributed by atoms with van der Waals surface area (Å²) in [5, 5.41) is 4.84. The van der Waals surface area contributed by atoms with Crippen molar-refractivity contribution >= 4 is 34.8 Å². The number of halogens is 1. The number of amides is 1. The molecule has 34 heavy (non-hydrogen) atoms. The summed E-state index contributed by atoms with van der Waals surface area (Å²) in [5.41, 5.74) is 3.77. The highest BCUT2D eigenvalue weighted by Crippen LogP contribution is 2.42. The van der Waals surface area contributed by atoms with Crippen LogP contribution in [0.2, 0.25) is 5.15 Å². The van der Waals surface area contributed by atoms with Crippen molar-refractivity contribution in [1.29, 1.82) is 0 Å². The van der Waals surface area contributed by atoms with Crippen molar-refractivity contribution in [2.75, 3.05) is 4.90 Å². The average molecular weight is 481 g/mol. The first-order valence-corrected chi connectivity index (χ1v) is 12.0. The quantitative estimate of drug-likeness (QED) is 0.329. The Labute approximate surface area is 203 Å². The van der Waals surface area contributed by atoms with Crippen LogP contribution in [-0.4, -0.2) is 35.7 Å². The van der Waals surface area contributed by atoms with Gasteiger partial charge in [-0.25, -0.2) is 14.8 Å². The van der Waals surface area contributed by atoms with Crippen molar-refractivity contribution in [2.24, 2.45) is 0 Å². The Hall–Kier alpha value is -3.13. The van der Waals surface area contributed by atoms with Gasteiger partial charge in [-0.2, -0.15) is 9.61 Å². The third kappa shape index (κ3) is 4.22. The molecule has 5 rings (SSSR count). The summed E-state index contributed by atoms with van der Waals surface area (Å²) >= 11 is 6.45. The van der Waals surface area contributed by atoms with Crippen LogP contribution in [0.1, 0.15) is 76.2 Å². The molecule has 1 fully saturated rings. The highest BCUT2D eigenvalue weighted by molar-refractivity contribution is 6.29. The van der Waals surface area contributed by atoms with Crippen LogP contribution < -0.4 is 4.90 Å². The molecule has 0 bridgehead atoms. The van der Waals surface area contributed by atoms with E-state index < -0.39 is 11.7 Å². The lowest BCUT2D eigenvalue weighted by atomic mass is 10.1. The van der Waals surface area contributed by atoms with Gasteiger partial charge in [-0.3, -0.25) is 4.90 Å². The van der Waals surface area contributed by atoms with Gasteiger partial charge in [0, 0.05) is 23.7 Å². The third-order valence-corrected chi connectivity index (χ3v) is 6.07. The molecule has 0 spiro atoms. The van der Waals surface area contributed by atoms with Gasteiger partial charge in [-0.05, 0) is 51.7 Å². The van der Waals surface area contributed by atoms with E-state index in [0.29, 0.717) is 17.4 Å². The van der Waals surface area contributed by atoms with E-state index in [-0.39, 0.29) is 17.6 Å². The summed E-state index contributed by atoms with van der Waals surface area (Å²) < 4.78 is 9.60. The molecular weight excluding hydrogens is 452 g/mol. The van der Waals surface area contributed by atoms with Crippen LogP contribution in [0, 0.1) is 0 Å². The molecular formula is C25H29ClN6O2. The minimum Gasteiger partial charge on any atom is -0.443 e. The molecule has 0 saturated heterocycles. The number of rotatable bonds is 5. The number of nitrogens with zero attached hydrogens (tertiary/aromatic N) is 6. The second kappa shape index (κ2) is 8.27. The van der Waals surface area contributed by atoms with Gasteiger partial charge in [0.15, 0.2) is 5.65 Å². The summed E-state index contributed by atoms with van der Waals surface area (Å²) in [6.07, 6.45) is 5.55. The summed E-state index contributed by atoms with van der Waals surface area (Å²) in [5.74, 6) is 1.13. The van der Waals surface area contributed by atoms with E-state index in [1.807, 2.05) is 45.2 Å². The second-order valence-corrected chi connectivity index (χ2v) is 10.5. The largest absolute Gasteiger partial charge is 0.443 e. The number of hydrogen-bond donors (Lipinski definition) is 0. The van der Waals surface area contributed by atoms with Crippen molar-refractivity contribution in [2.45, 2.75) is 71.4 Å². The van der Waals surface area contributed by atoms with Gasteiger partial charge in [-0.15, -0.1) is 0 Å². The zero-order valence-electron chi connectivity index (χ0n) is 20.1. The Morgan fingerprint density at radius 3 is 2.71 bits per heavy atom. The smallest absolute Gasteiger partial charge is 0.416 e. The van der Waals surface area contributed by atoms with E-state index in [0.717, 1.165) is 35.4 Å². The topological polar surface area (TPSA) is 77.0 Å². The molecule has 0 radical (unpaired) electrons. The minimum atomic E-state index is -0.670. The summed E-state index contributed by atoms with van der Waals surface area (Å²) in [7, 11) is 0. The first-order chi connectivity index (χ1) is 16.1. The molecule has 0 aromatic carbocycles. The number of anilines is 1. The van der Waals surface area contributed by atoms with Gasteiger partial charge in [0.25, 0.3) is 0 Å². The number of imidazole rings is 1. The Bertz CT molecular complexity index is 1380. The van der Waals surface area contributed by atoms with Crippen molar-refractivity contribution in [3.8, 4) is 0 Å². The fraction of sp³-hybridized carbons (Fsp3) is 0.440. The summed E-state index contributed by atoms with van der Waals surface area (Å²) in [4.78, 5) is 24.5. The number of fused-ring (bicyclic) bond motifs is 2. The maximum Gasteiger partial charge on any atom is 0.416 e. The van der Waals surface area contributed by atoms with Crippen LogP contribution >= 0.6 is 11.6 Å². The first kappa shape index (κ1) is 22.7. The number of ether oxygens (including phenoxy) is 1. The molecule has 0 unspecified atom stereocenters. The monoisotopic (exact) mass is 480 g/mol. The predicted octanol–water partition coefficient (Wildman–Crippen LogP) is 5.97. The van der Waals surface area contributed by atoms with Crippen LogP contribution in [0.3, 0.4) is 0 Å². The van der Waals surface area contributed by atoms with Crippen molar-refractivity contribution < 1.29 is 9.53 Å². The standard InChI is InChI=1S/C25H29ClN6O2/c1-15(2)17-13-27-32-21(12-19(26)29-23(17)32)31(24(33)34-25(3,4)5)14-18-22(16-9-10-16)30-11-7-6-8-20(30)28-18/h6-8,11-13,15-16H,9-10,14H2,1-5H3. The highest BCUT2D eigenvalue weighted by atomic mass is 35.5. The lowest BCUT2D eigenvalue weighted by molar-refractivity contribution is 0.0575. The van der Waals surface area contributed by atoms with E-state index in [4.69, 9.17) is 21.3 Å². The molecule has 178 valence electrons. The van der Waals surface area contributed by atoms with Gasteiger partial charge in [0.2, 0.25) is 0 Å². The maximum atomic E-state index is 13.5. The number of carbonyl (C=O) groups excluding carboxylic acids is 1. The third-order valence-electron chi connectivity index (χ3n) is 5.88. The number of hydrogen-bond acceptors (Lipinski definition) is 5. The Kier molecular flexibility index (Phi) is 5.51. The average Bonchev–Trinajstić information content (AvgIpc) is 3.37. The number of aromatic nitrogens is 5. The molecule has 1 aliphatic carbocycles. The molecule has 4 aromatic heterocycles. The normalized spacial score (nSPS) is 14.3. The minimum absolute atomic E-state index is 0.200. The zero-order chi connectivity index (χ0) is 24.2. The summed E-state index contributed by atoms with van der Waals surface area (Å²) in [6.45, 7) is 9.93. The molecule has 1 aliphatic rings. The van der Waals surface area contributed by atoms with Crippen LogP contribution in [0.4, 0.5) is 10.6 Å². The second-order valence-electron chi connectivity index (χ2n) is 10.1. The zero-order valence-corrected chi connectivity index (χ0v) is 20.9. The molecule has 0 atom stereocenters. The van der Waals surface area contributed by atoms with Gasteiger partial charge in [0.1, 0.15) is 22.2 Å². The van der Waals surface area contributed by atoms with Crippen LogP contribution in [0.25, 0.3) is 11.3 Å². The molecule has 4 heterocycles. The van der Waals surface area contributed by atoms with E-state index in [1.54, 1.807) is 21.7 Å². The summed E-state index contributed by atoms with van der Waals surface area (Å²) in [6, 6.07) is 7.61. The fourth-order valence-corrected chi connectivity index (χ4v) is 4.39. The molecule has 8 nitrogen and oxygen atoms in total. The number of pyridine rings is 1. The van der Waals surface area contributed by atoms with Crippen molar-refractivity contribution in [3.63, 3.8) is 0 Å². The van der Waals surface area contributed by atoms with Gasteiger partial charge >= 0.3 is 6.09 Å². The molecule has 0 N–H and O–H groups in total. The molecule has 1 amide bonds. The Balaban J connectivity index is 1.66. The van der Waals surface area contributed by atoms with Gasteiger partial charge < -0.3 is 9.14 Å². The van der Waals surface area contributed by atoms with E-state index in [1.165, 1.54) is 0 Å². The van der Waals surface area contributed by atoms with Crippen LogP contribution in [-0.2, 0) is 11.3 Å². The van der Waals surface area contributed by atoms with Crippen molar-refractivity contribution in [1.82, 2.24) is 24.0 Å². The van der Waals surface area contributed by atoms with Crippen LogP contribution in [0.15, 0.2) is 36.7 Å². The van der Waals surface area contributed by atoms with Crippen molar-refractivity contribution in [3.05, 3.63) is 58.8 Å².